The van der Waals surface area contributed by atoms with E-state index in [0.29, 0.717) is 0 Å². The van der Waals surface area contributed by atoms with Crippen LogP contribution in [0, 0.1) is 37.7 Å². The molecular formula is C4H9ArKO. The summed E-state index contributed by atoms with van der Waals surface area (Å²) in [7, 11) is 0. The first kappa shape index (κ1) is 16.4. The molecule has 0 aromatic carbocycles. The van der Waals surface area contributed by atoms with Crippen LogP contribution < -0.4 is 56.5 Å². The Bertz CT molecular complexity index is 27.2. The zero-order valence-corrected chi connectivity index (χ0v) is 9.09. The van der Waals surface area contributed by atoms with Crippen molar-refractivity contribution in [3.8, 4) is 0 Å². The van der Waals surface area contributed by atoms with Crippen molar-refractivity contribution in [2.75, 3.05) is 0 Å². The van der Waals surface area contributed by atoms with Crippen LogP contribution in [0.4, 0.5) is 0 Å². The summed E-state index contributed by atoms with van der Waals surface area (Å²) in [6.45, 7) is 4.90. The first-order valence-electron chi connectivity index (χ1n) is 1.70. The third-order valence-electron chi connectivity index (χ3n) is 0. The van der Waals surface area contributed by atoms with Gasteiger partial charge in [-0.1, -0.05) is 20.8 Å². The third kappa shape index (κ3) is 51.0. The normalized spacial score (nSPS) is 8.57. The average Bonchev–Trinajstić information content (AvgIpc) is 0.722. The second-order valence-electron chi connectivity index (χ2n) is 2.11. The Hall–Kier alpha value is 2.86. The molecule has 0 aromatic heterocycles. The molecule has 0 aliphatic carbocycles. The van der Waals surface area contributed by atoms with Crippen molar-refractivity contribution < 1.29 is 94.2 Å². The van der Waals surface area contributed by atoms with Crippen molar-refractivity contribution in [2.24, 2.45) is 0 Å². The number of hydrogen-bond donors (Lipinski definition) is 0. The zero-order chi connectivity index (χ0) is 4.50. The van der Waals surface area contributed by atoms with E-state index < -0.39 is 5.60 Å². The maximum absolute atomic E-state index is 10.1. The SMILES string of the molecule is CC(C)(C)[O-].[Ar].[K+]. The van der Waals surface area contributed by atoms with Crippen LogP contribution in [0.2, 0.25) is 0 Å². The second-order valence-corrected chi connectivity index (χ2v) is 2.11. The van der Waals surface area contributed by atoms with Crippen LogP contribution in [-0.2, 0) is 0 Å². The molecule has 0 atom stereocenters. The molecule has 0 rings (SSSR count). The zero-order valence-electron chi connectivity index (χ0n) is 5.26. The Labute approximate surface area is 118 Å². The van der Waals surface area contributed by atoms with Crippen LogP contribution in [0.1, 0.15) is 20.8 Å². The van der Waals surface area contributed by atoms with Gasteiger partial charge < -0.3 is 5.11 Å². The summed E-state index contributed by atoms with van der Waals surface area (Å²) in [4.78, 5) is 0. The van der Waals surface area contributed by atoms with Crippen LogP contribution in [0.15, 0.2) is 0 Å². The summed E-state index contributed by atoms with van der Waals surface area (Å²) < 4.78 is 0. The largest absolute Gasteiger partial charge is 1.00 e. The molecule has 0 saturated carbocycles. The molecule has 1 nitrogen and oxygen atoms in total. The van der Waals surface area contributed by atoms with Gasteiger partial charge in [-0.05, 0) is 0 Å². The molecule has 0 spiro atoms. The Morgan fingerprint density at radius 1 is 1.14 bits per heavy atom. The molecule has 0 aromatic rings. The van der Waals surface area contributed by atoms with E-state index in [4.69, 9.17) is 0 Å². The fraction of sp³-hybridized carbons (Fsp3) is 1.00. The van der Waals surface area contributed by atoms with E-state index in [2.05, 4.69) is 0 Å². The van der Waals surface area contributed by atoms with Crippen molar-refractivity contribution in [2.45, 2.75) is 26.4 Å². The molecule has 0 saturated heterocycles. The van der Waals surface area contributed by atoms with Crippen LogP contribution >= 0.6 is 0 Å². The number of rotatable bonds is 0. The van der Waals surface area contributed by atoms with Gasteiger partial charge in [0.25, 0.3) is 0 Å². The van der Waals surface area contributed by atoms with Gasteiger partial charge >= 0.3 is 51.4 Å². The van der Waals surface area contributed by atoms with Crippen LogP contribution in [0.25, 0.3) is 0 Å². The minimum absolute atomic E-state index is 0. The summed E-state index contributed by atoms with van der Waals surface area (Å²) >= 11 is 0. The molecule has 0 aliphatic heterocycles. The minimum atomic E-state index is -0.750. The molecule has 0 heterocycles. The van der Waals surface area contributed by atoms with E-state index in [1.807, 2.05) is 0 Å². The predicted molar refractivity (Wildman–Crippen MR) is 19.8 cm³/mol. The van der Waals surface area contributed by atoms with Gasteiger partial charge in [0.1, 0.15) is 0 Å². The van der Waals surface area contributed by atoms with Crippen LogP contribution in [0.3, 0.4) is 0 Å². The van der Waals surface area contributed by atoms with Gasteiger partial charge in [0, 0.05) is 37.7 Å². The molecular weight excluding hydrogens is 143 g/mol. The van der Waals surface area contributed by atoms with E-state index in [1.54, 1.807) is 20.8 Å². The molecule has 0 amide bonds. The minimum Gasteiger partial charge on any atom is -0.850 e. The van der Waals surface area contributed by atoms with Gasteiger partial charge in [0.2, 0.25) is 0 Å². The van der Waals surface area contributed by atoms with Gasteiger partial charge in [-0.25, -0.2) is 0 Å². The first-order valence-corrected chi connectivity index (χ1v) is 1.70. The van der Waals surface area contributed by atoms with Crippen LogP contribution in [-0.4, -0.2) is 5.60 Å². The summed E-state index contributed by atoms with van der Waals surface area (Å²) in [5, 5.41) is 10.1. The molecule has 3 heteroatoms. The summed E-state index contributed by atoms with van der Waals surface area (Å²) in [6, 6.07) is 0. The summed E-state index contributed by atoms with van der Waals surface area (Å²) in [6.07, 6.45) is 0. The van der Waals surface area contributed by atoms with Gasteiger partial charge in [-0.15, -0.1) is 5.60 Å². The summed E-state index contributed by atoms with van der Waals surface area (Å²) in [5.41, 5.74) is -0.750. The van der Waals surface area contributed by atoms with Crippen molar-refractivity contribution in [1.82, 2.24) is 0 Å². The van der Waals surface area contributed by atoms with Gasteiger partial charge in [-0.2, -0.15) is 0 Å². The maximum atomic E-state index is 10.1. The molecule has 0 unspecified atom stereocenters. The van der Waals surface area contributed by atoms with E-state index >= 15 is 0 Å². The third-order valence-corrected chi connectivity index (χ3v) is 0. The Morgan fingerprint density at radius 2 is 1.14 bits per heavy atom. The van der Waals surface area contributed by atoms with Gasteiger partial charge in [-0.3, -0.25) is 0 Å². The van der Waals surface area contributed by atoms with Crippen molar-refractivity contribution in [3.63, 3.8) is 0 Å². The van der Waals surface area contributed by atoms with Crippen molar-refractivity contribution in [1.29, 1.82) is 0 Å². The molecule has 7 heavy (non-hydrogen) atoms. The van der Waals surface area contributed by atoms with Crippen molar-refractivity contribution >= 4 is 0 Å². The Kier molecular flexibility index (Phi) is 16.4. The quantitative estimate of drug-likeness (QED) is 0.343. The first-order chi connectivity index (χ1) is 2.00. The second kappa shape index (κ2) is 6.97. The summed E-state index contributed by atoms with van der Waals surface area (Å²) in [5.74, 6) is 0. The van der Waals surface area contributed by atoms with E-state index in [9.17, 15) is 5.11 Å². The Balaban J connectivity index is -0.0000000800. The van der Waals surface area contributed by atoms with E-state index in [-0.39, 0.29) is 89.1 Å². The number of hydrogen-bond acceptors (Lipinski definition) is 1. The smallest absolute Gasteiger partial charge is 0.850 e. The molecule has 0 N–H and O–H groups in total. The standard InChI is InChI=1S/C4H9O.Ar.K/c1-4(2,3)5;;/h1-3H3;;/q-1;;+1. The molecule has 0 radical (unpaired) electrons. The van der Waals surface area contributed by atoms with Crippen LogP contribution in [0.5, 0.6) is 0 Å². The monoisotopic (exact) mass is 152 g/mol. The Morgan fingerprint density at radius 3 is 1.14 bits per heavy atom. The average molecular weight is 152 g/mol. The molecule has 0 bridgehead atoms. The maximum Gasteiger partial charge on any atom is 1.00 e. The predicted octanol–water partition coefficient (Wildman–Crippen LogP) is -2.85. The molecule has 0 aliphatic rings. The molecule has 0 fully saturated rings. The fourth-order valence-corrected chi connectivity index (χ4v) is 0. The van der Waals surface area contributed by atoms with Gasteiger partial charge in [0.15, 0.2) is 0 Å². The fourth-order valence-electron chi connectivity index (χ4n) is 0. The van der Waals surface area contributed by atoms with Gasteiger partial charge in [0.05, 0.1) is 0 Å². The van der Waals surface area contributed by atoms with E-state index in [0.717, 1.165) is 0 Å². The van der Waals surface area contributed by atoms with Crippen molar-refractivity contribution in [3.05, 3.63) is 0 Å². The molecule has 40 valence electrons. The topological polar surface area (TPSA) is 23.1 Å². The van der Waals surface area contributed by atoms with E-state index in [1.165, 1.54) is 0 Å².